The van der Waals surface area contributed by atoms with Crippen molar-refractivity contribution in [3.05, 3.63) is 114 Å². The highest BCUT2D eigenvalue weighted by molar-refractivity contribution is 5.91. The normalized spacial score (nSPS) is 27.6. The van der Waals surface area contributed by atoms with Gasteiger partial charge in [-0.1, -0.05) is 67.2 Å². The summed E-state index contributed by atoms with van der Waals surface area (Å²) in [6, 6.07) is 23.6. The molecule has 59 heavy (non-hydrogen) atoms. The standard InChI is InChI=1S/C22H24N6O2.C22H22N6O/c23-21(29)17-10-19(25-13-24-17)27-11-15-6-7-16(12-27)20(15)22(30)28-18(8-9-26-28)14-4-2-1-3-5-14;1-23-19-11-20(25-14-24-19)27-12-16-7-8-17(13-27)21(16)22(29)28-18(9-10-26-28)15-5-3-2-4-6-15/h1-5,9-10,13,15-16,18,20H,6-8,11-12H2,(H2,23,29);2-6,10-11,14,16-18,21H,7-9,12-13H2. The van der Waals surface area contributed by atoms with Crippen LogP contribution in [0.15, 0.2) is 95.7 Å². The largest absolute Gasteiger partial charge is 0.364 e. The van der Waals surface area contributed by atoms with E-state index in [1.165, 1.54) is 12.7 Å². The van der Waals surface area contributed by atoms with Crippen molar-refractivity contribution in [3.8, 4) is 0 Å². The summed E-state index contributed by atoms with van der Waals surface area (Å²) in [5.74, 6) is 2.62. The van der Waals surface area contributed by atoms with Gasteiger partial charge >= 0.3 is 0 Å². The van der Waals surface area contributed by atoms with Crippen LogP contribution in [0.2, 0.25) is 0 Å². The molecule has 2 aliphatic carbocycles. The van der Waals surface area contributed by atoms with Gasteiger partial charge in [0.05, 0.1) is 12.1 Å². The lowest BCUT2D eigenvalue weighted by Gasteiger charge is -2.39. The van der Waals surface area contributed by atoms with E-state index in [4.69, 9.17) is 12.3 Å². The lowest BCUT2D eigenvalue weighted by Crippen LogP contribution is -2.48. The van der Waals surface area contributed by atoms with E-state index >= 15 is 0 Å². The number of primary amides is 1. The van der Waals surface area contributed by atoms with Crippen molar-refractivity contribution < 1.29 is 14.4 Å². The molecule has 300 valence electrons. The molecular weight excluding hydrogens is 745 g/mol. The van der Waals surface area contributed by atoms with E-state index in [-0.39, 0.29) is 53.3 Å². The van der Waals surface area contributed by atoms with Crippen molar-refractivity contribution >= 4 is 47.6 Å². The van der Waals surface area contributed by atoms with Gasteiger partial charge in [0.15, 0.2) is 0 Å². The molecule has 2 N–H and O–H groups in total. The van der Waals surface area contributed by atoms with Crippen LogP contribution >= 0.6 is 0 Å². The number of benzene rings is 2. The summed E-state index contributed by atoms with van der Waals surface area (Å²) < 4.78 is 0. The van der Waals surface area contributed by atoms with Crippen LogP contribution in [-0.2, 0) is 9.59 Å². The highest BCUT2D eigenvalue weighted by atomic mass is 16.2. The van der Waals surface area contributed by atoms with Crippen LogP contribution in [0, 0.1) is 42.1 Å². The van der Waals surface area contributed by atoms with E-state index in [0.717, 1.165) is 81.6 Å². The SMILES string of the molecule is NC(=O)c1cc(N2CC3CCC(C2)C3C(=O)N2N=CCC2c2ccccc2)ncn1.[C-]#[N+]c1cc(N2CC3CCC(C2)C3C(=O)N2N=CCC2c2ccccc2)ncn1. The number of hydrogen-bond acceptors (Lipinski definition) is 11. The molecule has 6 aliphatic rings. The summed E-state index contributed by atoms with van der Waals surface area (Å²) in [6.45, 7) is 10.2. The second-order valence-corrected chi connectivity index (χ2v) is 16.3. The number of carbonyl (C=O) groups excluding carboxylic acids is 3. The predicted molar refractivity (Wildman–Crippen MR) is 221 cm³/mol. The van der Waals surface area contributed by atoms with E-state index in [1.54, 1.807) is 22.2 Å². The maximum atomic E-state index is 13.5. The Labute approximate surface area is 342 Å². The molecule has 4 fully saturated rings. The van der Waals surface area contributed by atoms with Gasteiger partial charge in [-0.2, -0.15) is 15.2 Å². The zero-order valence-electron chi connectivity index (χ0n) is 32.6. The molecule has 0 spiro atoms. The summed E-state index contributed by atoms with van der Waals surface area (Å²) in [5, 5.41) is 12.3. The monoisotopic (exact) mass is 790 g/mol. The van der Waals surface area contributed by atoms with Gasteiger partial charge in [0.1, 0.15) is 23.7 Å². The molecule has 10 rings (SSSR count). The lowest BCUT2D eigenvalue weighted by atomic mass is 9.83. The molecule has 2 saturated carbocycles. The number of rotatable bonds is 7. The van der Waals surface area contributed by atoms with Crippen molar-refractivity contribution in [1.82, 2.24) is 30.0 Å². The van der Waals surface area contributed by atoms with Crippen LogP contribution in [0.5, 0.6) is 0 Å². The molecule has 6 unspecified atom stereocenters. The van der Waals surface area contributed by atoms with Gasteiger partial charge in [-0.3, -0.25) is 14.4 Å². The number of carbonyl (C=O) groups is 3. The molecule has 6 atom stereocenters. The molecule has 15 nitrogen and oxygen atoms in total. The number of fused-ring (bicyclic) bond motifs is 4. The Morgan fingerprint density at radius 2 is 1.05 bits per heavy atom. The number of aromatic nitrogens is 4. The van der Waals surface area contributed by atoms with Crippen LogP contribution in [0.25, 0.3) is 4.85 Å². The van der Waals surface area contributed by atoms with Gasteiger partial charge in [0, 0.05) is 75.4 Å². The quantitative estimate of drug-likeness (QED) is 0.239. The van der Waals surface area contributed by atoms with Crippen molar-refractivity contribution in [1.29, 1.82) is 0 Å². The molecule has 4 bridgehead atoms. The molecule has 2 aromatic carbocycles. The Balaban J connectivity index is 0.000000152. The second kappa shape index (κ2) is 16.4. The molecule has 3 amide bonds. The van der Waals surface area contributed by atoms with E-state index < -0.39 is 5.91 Å². The summed E-state index contributed by atoms with van der Waals surface area (Å²) in [7, 11) is 0. The average Bonchev–Trinajstić information content (AvgIpc) is 4.08. The predicted octanol–water partition coefficient (Wildman–Crippen LogP) is 5.45. The fraction of sp³-hybridized carbons (Fsp3) is 0.409. The Bertz CT molecular complexity index is 2270. The molecule has 6 heterocycles. The maximum absolute atomic E-state index is 13.5. The van der Waals surface area contributed by atoms with Gasteiger partial charge in [0.25, 0.3) is 11.7 Å². The van der Waals surface area contributed by atoms with E-state index in [0.29, 0.717) is 23.5 Å². The van der Waals surface area contributed by atoms with Crippen LogP contribution in [0.1, 0.15) is 72.2 Å². The van der Waals surface area contributed by atoms with Crippen LogP contribution in [0.3, 0.4) is 0 Å². The molecule has 4 aliphatic heterocycles. The molecule has 0 radical (unpaired) electrons. The Morgan fingerprint density at radius 1 is 0.610 bits per heavy atom. The number of nitrogens with two attached hydrogens (primary N) is 1. The summed E-state index contributed by atoms with van der Waals surface area (Å²) in [5.41, 5.74) is 7.82. The van der Waals surface area contributed by atoms with E-state index in [9.17, 15) is 14.4 Å². The first-order valence-electron chi connectivity index (χ1n) is 20.5. The van der Waals surface area contributed by atoms with Crippen molar-refractivity contribution in [2.24, 2.45) is 51.4 Å². The minimum absolute atomic E-state index is 0.00391. The third kappa shape index (κ3) is 7.50. The number of amides is 3. The smallest absolute Gasteiger partial charge is 0.274 e. The van der Waals surface area contributed by atoms with Crippen molar-refractivity contribution in [2.45, 2.75) is 50.6 Å². The average molecular weight is 791 g/mol. The number of piperidine rings is 2. The summed E-state index contributed by atoms with van der Waals surface area (Å²) >= 11 is 0. The topological polar surface area (TPSA) is 171 Å². The van der Waals surface area contributed by atoms with Gasteiger partial charge in [0.2, 0.25) is 18.1 Å². The number of nitrogens with zero attached hydrogens (tertiary/aromatic N) is 11. The third-order valence-electron chi connectivity index (χ3n) is 13.0. The second-order valence-electron chi connectivity index (χ2n) is 16.3. The van der Waals surface area contributed by atoms with Crippen molar-refractivity contribution in [3.63, 3.8) is 0 Å². The Morgan fingerprint density at radius 3 is 1.49 bits per heavy atom. The van der Waals surface area contributed by atoms with Gasteiger partial charge in [-0.05, 0) is 60.5 Å². The number of hydrogen-bond donors (Lipinski definition) is 1. The van der Waals surface area contributed by atoms with Gasteiger partial charge in [-0.15, -0.1) is 4.98 Å². The molecular formula is C44H46N12O3. The summed E-state index contributed by atoms with van der Waals surface area (Å²) in [4.78, 5) is 62.9. The van der Waals surface area contributed by atoms with E-state index in [2.05, 4.69) is 69.0 Å². The van der Waals surface area contributed by atoms with E-state index in [1.807, 2.05) is 48.8 Å². The number of anilines is 2. The first kappa shape index (κ1) is 38.0. The first-order chi connectivity index (χ1) is 28.9. The summed E-state index contributed by atoms with van der Waals surface area (Å²) in [6.07, 6.45) is 12.2. The maximum Gasteiger partial charge on any atom is 0.274 e. The zero-order valence-corrected chi connectivity index (χ0v) is 32.6. The third-order valence-corrected chi connectivity index (χ3v) is 13.0. The molecule has 2 aromatic heterocycles. The highest BCUT2D eigenvalue weighted by Gasteiger charge is 2.50. The molecule has 15 heteroatoms. The highest BCUT2D eigenvalue weighted by Crippen LogP contribution is 2.47. The van der Waals surface area contributed by atoms with Gasteiger partial charge in [-0.25, -0.2) is 20.0 Å². The molecule has 4 aromatic rings. The fourth-order valence-corrected chi connectivity index (χ4v) is 10.3. The fourth-order valence-electron chi connectivity index (χ4n) is 10.3. The Kier molecular flexibility index (Phi) is 10.5. The zero-order chi connectivity index (χ0) is 40.5. The minimum atomic E-state index is -0.564. The van der Waals surface area contributed by atoms with Crippen molar-refractivity contribution in [2.75, 3.05) is 36.0 Å². The molecule has 2 saturated heterocycles. The van der Waals surface area contributed by atoms with Crippen LogP contribution < -0.4 is 15.5 Å². The van der Waals surface area contributed by atoms with Gasteiger partial charge < -0.3 is 20.4 Å². The first-order valence-corrected chi connectivity index (χ1v) is 20.5. The lowest BCUT2D eigenvalue weighted by molar-refractivity contribution is -0.141. The minimum Gasteiger partial charge on any atom is -0.364 e. The number of hydrazone groups is 2. The van der Waals surface area contributed by atoms with Crippen LogP contribution in [-0.4, -0.2) is 86.3 Å². The Hall–Kier alpha value is -6.56. The van der Waals surface area contributed by atoms with Crippen LogP contribution in [0.4, 0.5) is 17.5 Å².